The molecule has 5 nitrogen and oxygen atoms in total. The summed E-state index contributed by atoms with van der Waals surface area (Å²) in [4.78, 5) is 22.3. The van der Waals surface area contributed by atoms with E-state index in [1.807, 2.05) is 13.8 Å². The lowest BCUT2D eigenvalue weighted by Gasteiger charge is -2.26. The van der Waals surface area contributed by atoms with Gasteiger partial charge in [-0.1, -0.05) is 20.3 Å². The number of hydrogen-bond donors (Lipinski definition) is 1. The van der Waals surface area contributed by atoms with Crippen molar-refractivity contribution in [3.63, 3.8) is 0 Å². The number of rotatable bonds is 5. The lowest BCUT2D eigenvalue weighted by molar-refractivity contribution is -0.307. The van der Waals surface area contributed by atoms with Crippen molar-refractivity contribution in [2.24, 2.45) is 5.92 Å². The highest BCUT2D eigenvalue weighted by Gasteiger charge is 2.24. The van der Waals surface area contributed by atoms with Gasteiger partial charge in [0.25, 0.3) is 0 Å². The minimum absolute atomic E-state index is 0.0216. The number of carboxylic acid groups (broad SMARTS) is 1. The third-order valence-corrected chi connectivity index (χ3v) is 5.46. The van der Waals surface area contributed by atoms with Crippen molar-refractivity contribution >= 4 is 33.3 Å². The van der Waals surface area contributed by atoms with Gasteiger partial charge in [0.15, 0.2) is 0 Å². The number of carboxylic acids is 1. The predicted octanol–water partition coefficient (Wildman–Crippen LogP) is 1.76. The highest BCUT2D eigenvalue weighted by Crippen LogP contribution is 2.39. The number of fused-ring (bicyclic) bond motifs is 3. The summed E-state index contributed by atoms with van der Waals surface area (Å²) in [6.45, 7) is 3.88. The minimum Gasteiger partial charge on any atom is -0.548 e. The average Bonchev–Trinajstić information content (AvgIpc) is 3.03. The fourth-order valence-electron chi connectivity index (χ4n) is 2.85. The van der Waals surface area contributed by atoms with Gasteiger partial charge in [-0.05, 0) is 30.7 Å². The molecule has 0 amide bonds. The van der Waals surface area contributed by atoms with Crippen LogP contribution in [-0.4, -0.2) is 22.0 Å². The molecule has 21 heavy (non-hydrogen) atoms. The quantitative estimate of drug-likeness (QED) is 0.910. The molecule has 0 saturated carbocycles. The number of carbonyl (C=O) groups is 1. The maximum atomic E-state index is 11.4. The first kappa shape index (κ1) is 14.3. The second-order valence-electron chi connectivity index (χ2n) is 5.59. The summed E-state index contributed by atoms with van der Waals surface area (Å²) in [7, 11) is 0. The SMILES string of the molecule is CC[C@H](C)[C@@H](Nc1ncnc2sc3c(c12)CCC3)C(=O)[O-]. The Hall–Kier alpha value is -1.69. The van der Waals surface area contributed by atoms with Crippen LogP contribution in [0.3, 0.4) is 0 Å². The minimum atomic E-state index is -1.08. The Morgan fingerprint density at radius 2 is 2.29 bits per heavy atom. The summed E-state index contributed by atoms with van der Waals surface area (Å²) in [6.07, 6.45) is 5.53. The van der Waals surface area contributed by atoms with Gasteiger partial charge in [0, 0.05) is 4.88 Å². The molecule has 1 aliphatic rings. The van der Waals surface area contributed by atoms with E-state index in [0.29, 0.717) is 5.82 Å². The first-order valence-electron chi connectivity index (χ1n) is 7.34. The van der Waals surface area contributed by atoms with Gasteiger partial charge in [-0.3, -0.25) is 0 Å². The second kappa shape index (κ2) is 5.60. The van der Waals surface area contributed by atoms with Gasteiger partial charge in [0.05, 0.1) is 17.4 Å². The molecule has 0 spiro atoms. The Kier molecular flexibility index (Phi) is 3.80. The number of nitrogens with zero attached hydrogens (tertiary/aromatic N) is 2. The van der Waals surface area contributed by atoms with Crippen molar-refractivity contribution in [1.82, 2.24) is 9.97 Å². The van der Waals surface area contributed by atoms with E-state index in [1.165, 1.54) is 16.8 Å². The van der Waals surface area contributed by atoms with Crippen LogP contribution in [0.15, 0.2) is 6.33 Å². The Bertz CT molecular complexity index is 683. The molecule has 3 rings (SSSR count). The van der Waals surface area contributed by atoms with E-state index in [0.717, 1.165) is 35.9 Å². The second-order valence-corrected chi connectivity index (χ2v) is 6.67. The monoisotopic (exact) mass is 304 g/mol. The topological polar surface area (TPSA) is 77.9 Å². The van der Waals surface area contributed by atoms with E-state index in [9.17, 15) is 9.90 Å². The summed E-state index contributed by atoms with van der Waals surface area (Å²) in [5, 5.41) is 15.5. The lowest BCUT2D eigenvalue weighted by atomic mass is 9.99. The van der Waals surface area contributed by atoms with Crippen molar-refractivity contribution < 1.29 is 9.90 Å². The van der Waals surface area contributed by atoms with Crippen LogP contribution in [0.25, 0.3) is 10.2 Å². The normalized spacial score (nSPS) is 16.7. The maximum absolute atomic E-state index is 11.4. The van der Waals surface area contributed by atoms with E-state index in [2.05, 4.69) is 15.3 Å². The number of hydrogen-bond acceptors (Lipinski definition) is 6. The summed E-state index contributed by atoms with van der Waals surface area (Å²) in [6, 6.07) is -0.731. The van der Waals surface area contributed by atoms with E-state index < -0.39 is 12.0 Å². The fourth-order valence-corrected chi connectivity index (χ4v) is 4.08. The first-order valence-corrected chi connectivity index (χ1v) is 8.16. The highest BCUT2D eigenvalue weighted by molar-refractivity contribution is 7.19. The number of thiophene rings is 1. The Labute approximate surface area is 127 Å². The molecule has 0 radical (unpaired) electrons. The van der Waals surface area contributed by atoms with E-state index in [-0.39, 0.29) is 5.92 Å². The molecule has 0 aromatic carbocycles. The van der Waals surface area contributed by atoms with Crippen LogP contribution in [0, 0.1) is 5.92 Å². The summed E-state index contributed by atoms with van der Waals surface area (Å²) >= 11 is 1.70. The maximum Gasteiger partial charge on any atom is 0.138 e. The molecular weight excluding hydrogens is 286 g/mol. The van der Waals surface area contributed by atoms with Crippen molar-refractivity contribution in [3.8, 4) is 0 Å². The number of aromatic nitrogens is 2. The largest absolute Gasteiger partial charge is 0.548 e. The molecule has 2 atom stereocenters. The molecule has 2 aromatic rings. The van der Waals surface area contributed by atoms with Crippen LogP contribution in [0.4, 0.5) is 5.82 Å². The molecule has 2 heterocycles. The van der Waals surface area contributed by atoms with Crippen LogP contribution >= 0.6 is 11.3 Å². The Balaban J connectivity index is 2.02. The fraction of sp³-hybridized carbons (Fsp3) is 0.533. The number of aliphatic carboxylic acids is 1. The lowest BCUT2D eigenvalue weighted by Crippen LogP contribution is -2.45. The molecule has 1 aliphatic carbocycles. The van der Waals surface area contributed by atoms with Gasteiger partial charge in [-0.2, -0.15) is 0 Å². The summed E-state index contributed by atoms with van der Waals surface area (Å²) in [5.41, 5.74) is 1.29. The van der Waals surface area contributed by atoms with Crippen LogP contribution in [0.1, 0.15) is 37.1 Å². The molecule has 2 aromatic heterocycles. The van der Waals surface area contributed by atoms with Crippen molar-refractivity contribution in [1.29, 1.82) is 0 Å². The number of anilines is 1. The molecule has 0 aliphatic heterocycles. The Morgan fingerprint density at radius 1 is 1.48 bits per heavy atom. The van der Waals surface area contributed by atoms with Crippen LogP contribution < -0.4 is 10.4 Å². The number of nitrogens with one attached hydrogen (secondary N) is 1. The summed E-state index contributed by atoms with van der Waals surface area (Å²) in [5.74, 6) is -0.469. The van der Waals surface area contributed by atoms with Crippen molar-refractivity contribution in [2.45, 2.75) is 45.6 Å². The van der Waals surface area contributed by atoms with Crippen molar-refractivity contribution in [2.75, 3.05) is 5.32 Å². The van der Waals surface area contributed by atoms with E-state index in [4.69, 9.17) is 0 Å². The molecule has 6 heteroatoms. The van der Waals surface area contributed by atoms with Crippen LogP contribution in [-0.2, 0) is 17.6 Å². The molecule has 0 fully saturated rings. The van der Waals surface area contributed by atoms with Gasteiger partial charge in [-0.25, -0.2) is 9.97 Å². The van der Waals surface area contributed by atoms with Crippen LogP contribution in [0.5, 0.6) is 0 Å². The van der Waals surface area contributed by atoms with E-state index in [1.54, 1.807) is 11.3 Å². The molecule has 0 bridgehead atoms. The zero-order valence-electron chi connectivity index (χ0n) is 12.2. The van der Waals surface area contributed by atoms with E-state index >= 15 is 0 Å². The molecule has 112 valence electrons. The zero-order valence-corrected chi connectivity index (χ0v) is 13.0. The summed E-state index contributed by atoms with van der Waals surface area (Å²) < 4.78 is 0. The van der Waals surface area contributed by atoms with Gasteiger partial charge in [-0.15, -0.1) is 11.3 Å². The smallest absolute Gasteiger partial charge is 0.138 e. The van der Waals surface area contributed by atoms with Gasteiger partial charge in [0.1, 0.15) is 17.0 Å². The molecular formula is C15H18N3O2S-. The van der Waals surface area contributed by atoms with Gasteiger partial charge in [0.2, 0.25) is 0 Å². The van der Waals surface area contributed by atoms with Gasteiger partial charge < -0.3 is 15.2 Å². The molecule has 0 saturated heterocycles. The molecule has 0 unspecified atom stereocenters. The average molecular weight is 304 g/mol. The number of carbonyl (C=O) groups excluding carboxylic acids is 1. The van der Waals surface area contributed by atoms with Crippen molar-refractivity contribution in [3.05, 3.63) is 16.8 Å². The standard InChI is InChI=1S/C15H19N3O2S/c1-3-8(2)12(15(19)20)18-13-11-9-5-4-6-10(9)21-14(11)17-7-16-13/h7-8,12H,3-6H2,1-2H3,(H,19,20)(H,16,17,18)/p-1/t8-,12+/m0/s1. The van der Waals surface area contributed by atoms with Crippen LogP contribution in [0.2, 0.25) is 0 Å². The third-order valence-electron chi connectivity index (χ3n) is 4.26. The molecule has 1 N–H and O–H groups in total. The predicted molar refractivity (Wildman–Crippen MR) is 81.3 cm³/mol. The highest BCUT2D eigenvalue weighted by atomic mass is 32.1. The number of aryl methyl sites for hydroxylation is 2. The third kappa shape index (κ3) is 2.48. The van der Waals surface area contributed by atoms with Gasteiger partial charge >= 0.3 is 0 Å². The zero-order chi connectivity index (χ0) is 15.0. The Morgan fingerprint density at radius 3 is 3.00 bits per heavy atom. The first-order chi connectivity index (χ1) is 10.1.